The lowest BCUT2D eigenvalue weighted by Gasteiger charge is -2.33. The summed E-state index contributed by atoms with van der Waals surface area (Å²) in [4.78, 5) is 35.0. The number of aldehydes is 1. The van der Waals surface area contributed by atoms with Crippen molar-refractivity contribution < 1.29 is 4.79 Å². The number of fused-ring (bicyclic) bond motifs is 5. The van der Waals surface area contributed by atoms with E-state index in [-0.39, 0.29) is 11.0 Å². The molecule has 6 rings (SSSR count). The number of pyridine rings is 1. The number of carbonyl (C=O) groups excluding carboxylic acids is 1. The number of nitrogens with zero attached hydrogens (tertiary/aromatic N) is 4. The molecule has 4 aromatic rings. The van der Waals surface area contributed by atoms with Crippen LogP contribution in [0.25, 0.3) is 16.6 Å². The molecular formula is C28H25ClN4O2. The zero-order chi connectivity index (χ0) is 24.3. The normalized spacial score (nSPS) is 16.8. The van der Waals surface area contributed by atoms with Gasteiger partial charge in [-0.3, -0.25) is 14.2 Å². The Hall–Kier alpha value is -3.51. The van der Waals surface area contributed by atoms with Crippen LogP contribution in [-0.2, 0) is 5.41 Å². The van der Waals surface area contributed by atoms with Gasteiger partial charge in [-0.1, -0.05) is 29.8 Å². The quantitative estimate of drug-likeness (QED) is 0.370. The van der Waals surface area contributed by atoms with E-state index < -0.39 is 0 Å². The van der Waals surface area contributed by atoms with Crippen LogP contribution in [0, 0.1) is 0 Å². The number of aromatic nitrogens is 3. The third-order valence-electron chi connectivity index (χ3n) is 7.56. The lowest BCUT2D eigenvalue weighted by Crippen LogP contribution is -2.33. The number of piperidine rings is 1. The molecule has 0 saturated carbocycles. The summed E-state index contributed by atoms with van der Waals surface area (Å²) in [6, 6.07) is 16.0. The Morgan fingerprint density at radius 3 is 2.60 bits per heavy atom. The van der Waals surface area contributed by atoms with Gasteiger partial charge in [-0.15, -0.1) is 0 Å². The topological polar surface area (TPSA) is 68.1 Å². The van der Waals surface area contributed by atoms with E-state index in [0.29, 0.717) is 21.9 Å². The Bertz CT molecular complexity index is 1530. The number of anilines is 1. The number of hydrogen-bond donors (Lipinski definition) is 0. The van der Waals surface area contributed by atoms with Gasteiger partial charge in [0.2, 0.25) is 0 Å². The van der Waals surface area contributed by atoms with Crippen LogP contribution in [0.4, 0.5) is 5.82 Å². The Balaban J connectivity index is 1.36. The number of rotatable bonds is 3. The number of halogens is 1. The van der Waals surface area contributed by atoms with E-state index in [1.165, 1.54) is 5.56 Å². The Kier molecular flexibility index (Phi) is 5.04. The van der Waals surface area contributed by atoms with Crippen LogP contribution in [0.3, 0.4) is 0 Å². The first-order valence-corrected chi connectivity index (χ1v) is 12.3. The van der Waals surface area contributed by atoms with Gasteiger partial charge in [0.25, 0.3) is 5.56 Å². The summed E-state index contributed by atoms with van der Waals surface area (Å²) < 4.78 is 2.12. The number of hydrogen-bond acceptors (Lipinski definition) is 5. The Morgan fingerprint density at radius 2 is 1.89 bits per heavy atom. The monoisotopic (exact) mass is 484 g/mol. The molecule has 4 heterocycles. The van der Waals surface area contributed by atoms with Crippen molar-refractivity contribution in [2.24, 2.45) is 0 Å². The lowest BCUT2D eigenvalue weighted by molar-refractivity contribution is 0.112. The van der Waals surface area contributed by atoms with Gasteiger partial charge in [0.15, 0.2) is 6.29 Å². The van der Waals surface area contributed by atoms with E-state index in [2.05, 4.69) is 51.5 Å². The smallest absolute Gasteiger partial charge is 0.282 e. The van der Waals surface area contributed by atoms with Crippen LogP contribution in [0.2, 0.25) is 5.02 Å². The van der Waals surface area contributed by atoms with Crippen LogP contribution < -0.4 is 10.5 Å². The molecule has 6 nitrogen and oxygen atoms in total. The second kappa shape index (κ2) is 8.02. The zero-order valence-electron chi connectivity index (χ0n) is 19.7. The van der Waals surface area contributed by atoms with Crippen LogP contribution in [-0.4, -0.2) is 33.9 Å². The lowest BCUT2D eigenvalue weighted by atomic mass is 9.83. The van der Waals surface area contributed by atoms with Crippen molar-refractivity contribution in [3.05, 3.63) is 92.6 Å². The van der Waals surface area contributed by atoms with E-state index in [0.717, 1.165) is 60.6 Å². The van der Waals surface area contributed by atoms with E-state index in [4.69, 9.17) is 11.6 Å². The summed E-state index contributed by atoms with van der Waals surface area (Å²) in [5, 5.41) is 0.897. The summed E-state index contributed by atoms with van der Waals surface area (Å²) in [5.41, 5.74) is 4.27. The second-order valence-corrected chi connectivity index (χ2v) is 10.3. The van der Waals surface area contributed by atoms with Crippen molar-refractivity contribution in [3.63, 3.8) is 0 Å². The molecule has 0 radical (unpaired) electrons. The molecule has 0 spiro atoms. The molecule has 0 atom stereocenters. The summed E-state index contributed by atoms with van der Waals surface area (Å²) >= 11 is 6.42. The van der Waals surface area contributed by atoms with Crippen molar-refractivity contribution in [2.45, 2.75) is 38.0 Å². The highest BCUT2D eigenvalue weighted by molar-refractivity contribution is 6.35. The first kappa shape index (κ1) is 22.0. The third kappa shape index (κ3) is 3.39. The van der Waals surface area contributed by atoms with Gasteiger partial charge in [0.05, 0.1) is 27.0 Å². The molecule has 0 bridgehead atoms. The Morgan fingerprint density at radius 1 is 1.09 bits per heavy atom. The highest BCUT2D eigenvalue weighted by Crippen LogP contribution is 2.44. The van der Waals surface area contributed by atoms with Gasteiger partial charge in [0.1, 0.15) is 11.6 Å². The minimum absolute atomic E-state index is 0.278. The van der Waals surface area contributed by atoms with Crippen LogP contribution >= 0.6 is 11.6 Å². The van der Waals surface area contributed by atoms with Crippen molar-refractivity contribution in [2.75, 3.05) is 18.0 Å². The molecule has 1 fully saturated rings. The van der Waals surface area contributed by atoms with E-state index in [9.17, 15) is 9.59 Å². The van der Waals surface area contributed by atoms with Gasteiger partial charge in [0, 0.05) is 24.8 Å². The average Bonchev–Trinajstić information content (AvgIpc) is 3.10. The van der Waals surface area contributed by atoms with Crippen molar-refractivity contribution >= 4 is 34.6 Å². The minimum Gasteiger partial charge on any atom is -0.357 e. The predicted molar refractivity (Wildman–Crippen MR) is 138 cm³/mol. The zero-order valence-corrected chi connectivity index (χ0v) is 20.4. The molecular weight excluding hydrogens is 460 g/mol. The average molecular weight is 485 g/mol. The van der Waals surface area contributed by atoms with Gasteiger partial charge in [-0.05, 0) is 74.1 Å². The first-order chi connectivity index (χ1) is 16.9. The molecule has 0 unspecified atom stereocenters. The fourth-order valence-electron chi connectivity index (χ4n) is 5.62. The highest BCUT2D eigenvalue weighted by atomic mass is 35.5. The van der Waals surface area contributed by atoms with Crippen LogP contribution in [0.5, 0.6) is 0 Å². The second-order valence-electron chi connectivity index (χ2n) is 9.94. The van der Waals surface area contributed by atoms with Crippen molar-refractivity contribution in [1.29, 1.82) is 0 Å². The SMILES string of the molecule is CC1(C)c2ccc(C3CCN(c4ccc(C=O)cn4)CC3)cc2-n2c1nc(=O)c1c(Cl)cccc12. The highest BCUT2D eigenvalue weighted by Gasteiger charge is 2.39. The van der Waals surface area contributed by atoms with Crippen molar-refractivity contribution in [1.82, 2.24) is 14.5 Å². The van der Waals surface area contributed by atoms with Gasteiger partial charge < -0.3 is 4.90 Å². The number of carbonyl (C=O) groups is 1. The largest absolute Gasteiger partial charge is 0.357 e. The number of benzene rings is 2. The summed E-state index contributed by atoms with van der Waals surface area (Å²) in [6.45, 7) is 6.05. The Labute approximate surface area is 208 Å². The molecule has 0 N–H and O–H groups in total. The molecule has 2 aliphatic rings. The van der Waals surface area contributed by atoms with E-state index >= 15 is 0 Å². The maximum absolute atomic E-state index is 12.9. The molecule has 2 aliphatic heterocycles. The first-order valence-electron chi connectivity index (χ1n) is 11.9. The van der Waals surface area contributed by atoms with Crippen molar-refractivity contribution in [3.8, 4) is 5.69 Å². The summed E-state index contributed by atoms with van der Waals surface area (Å²) in [5.74, 6) is 2.10. The maximum Gasteiger partial charge on any atom is 0.282 e. The molecule has 2 aromatic carbocycles. The molecule has 0 amide bonds. The summed E-state index contributed by atoms with van der Waals surface area (Å²) in [7, 11) is 0. The third-order valence-corrected chi connectivity index (χ3v) is 7.87. The molecule has 2 aromatic heterocycles. The van der Waals surface area contributed by atoms with Crippen LogP contribution in [0.1, 0.15) is 59.9 Å². The molecule has 1 saturated heterocycles. The van der Waals surface area contributed by atoms with Gasteiger partial charge in [-0.2, -0.15) is 4.98 Å². The standard InChI is InChI=1S/C28H25ClN4O2/c1-28(2)20-8-7-19(18-10-12-32(13-11-18)24-9-6-17(16-34)15-30-24)14-23(20)33-22-5-3-4-21(29)25(22)26(35)31-27(28)33/h3-9,14-16,18H,10-13H2,1-2H3. The minimum atomic E-state index is -0.383. The molecule has 35 heavy (non-hydrogen) atoms. The molecule has 176 valence electrons. The summed E-state index contributed by atoms with van der Waals surface area (Å²) in [6.07, 6.45) is 4.48. The fourth-order valence-corrected chi connectivity index (χ4v) is 5.87. The molecule has 0 aliphatic carbocycles. The fraction of sp³-hybridized carbons (Fsp3) is 0.286. The maximum atomic E-state index is 12.9. The predicted octanol–water partition coefficient (Wildman–Crippen LogP) is 5.27. The van der Waals surface area contributed by atoms with E-state index in [1.807, 2.05) is 24.3 Å². The molecule has 7 heteroatoms. The van der Waals surface area contributed by atoms with E-state index in [1.54, 1.807) is 12.3 Å². The van der Waals surface area contributed by atoms with Crippen LogP contribution in [0.15, 0.2) is 59.5 Å². The van der Waals surface area contributed by atoms with Gasteiger partial charge >= 0.3 is 0 Å². The van der Waals surface area contributed by atoms with Gasteiger partial charge in [-0.25, -0.2) is 4.98 Å².